The number of carbonyl (C=O) groups excluding carboxylic acids is 1. The summed E-state index contributed by atoms with van der Waals surface area (Å²) in [7, 11) is 0. The first-order chi connectivity index (χ1) is 9.67. The summed E-state index contributed by atoms with van der Waals surface area (Å²) in [4.78, 5) is 14.1. The van der Waals surface area contributed by atoms with Crippen LogP contribution < -0.4 is 5.32 Å². The van der Waals surface area contributed by atoms with Gasteiger partial charge in [-0.1, -0.05) is 0 Å². The molecule has 1 aromatic rings. The van der Waals surface area contributed by atoms with Crippen molar-refractivity contribution in [3.05, 3.63) is 18.3 Å². The van der Waals surface area contributed by atoms with E-state index < -0.39 is 0 Å². The van der Waals surface area contributed by atoms with Gasteiger partial charge in [-0.25, -0.2) is 4.79 Å². The van der Waals surface area contributed by atoms with E-state index in [0.29, 0.717) is 32.1 Å². The maximum atomic E-state index is 12.3. The van der Waals surface area contributed by atoms with Crippen molar-refractivity contribution < 1.29 is 14.3 Å². The minimum atomic E-state index is -0.350. The molecule has 2 amide bonds. The molecule has 0 bridgehead atoms. The number of anilines is 1. The zero-order chi connectivity index (χ0) is 14.0. The van der Waals surface area contributed by atoms with Gasteiger partial charge in [-0.05, 0) is 19.1 Å². The molecule has 1 aromatic heterocycles. The molecular weight excluding hydrogens is 260 g/mol. The fraction of sp³-hybridized carbons (Fsp3) is 0.615. The number of morpholine rings is 1. The first-order valence-corrected chi connectivity index (χ1v) is 6.76. The van der Waals surface area contributed by atoms with Crippen LogP contribution in [0.2, 0.25) is 0 Å². The van der Waals surface area contributed by atoms with E-state index in [1.54, 1.807) is 23.2 Å². The van der Waals surface area contributed by atoms with Gasteiger partial charge in [0.1, 0.15) is 5.60 Å². The SMILES string of the molecule is C[C@@H]1CN(C(=O)Nc2cccnn2)C[C@@]2(CCOC2)O1. The highest BCUT2D eigenvalue weighted by Crippen LogP contribution is 2.30. The van der Waals surface area contributed by atoms with E-state index in [9.17, 15) is 4.79 Å². The molecule has 1 spiro atoms. The lowest BCUT2D eigenvalue weighted by atomic mass is 9.99. The Hall–Kier alpha value is -1.73. The van der Waals surface area contributed by atoms with Crippen molar-refractivity contribution in [1.82, 2.24) is 15.1 Å². The van der Waals surface area contributed by atoms with Crippen LogP contribution in [0, 0.1) is 0 Å². The Balaban J connectivity index is 1.68. The van der Waals surface area contributed by atoms with Crippen LogP contribution in [0.4, 0.5) is 10.6 Å². The summed E-state index contributed by atoms with van der Waals surface area (Å²) in [6.45, 7) is 4.32. The molecule has 2 atom stereocenters. The fourth-order valence-corrected chi connectivity index (χ4v) is 2.74. The first-order valence-electron chi connectivity index (χ1n) is 6.76. The van der Waals surface area contributed by atoms with Crippen LogP contribution in [0.1, 0.15) is 13.3 Å². The van der Waals surface area contributed by atoms with Crippen molar-refractivity contribution in [2.24, 2.45) is 0 Å². The average molecular weight is 278 g/mol. The average Bonchev–Trinajstić information content (AvgIpc) is 2.86. The molecule has 7 nitrogen and oxygen atoms in total. The zero-order valence-corrected chi connectivity index (χ0v) is 11.4. The van der Waals surface area contributed by atoms with Crippen LogP contribution in [0.25, 0.3) is 0 Å². The molecule has 1 N–H and O–H groups in total. The number of hydrogen-bond donors (Lipinski definition) is 1. The lowest BCUT2D eigenvalue weighted by molar-refractivity contribution is -0.136. The van der Waals surface area contributed by atoms with E-state index >= 15 is 0 Å². The summed E-state index contributed by atoms with van der Waals surface area (Å²) in [6, 6.07) is 3.27. The van der Waals surface area contributed by atoms with Gasteiger partial charge in [0.25, 0.3) is 0 Å². The smallest absolute Gasteiger partial charge is 0.323 e. The quantitative estimate of drug-likeness (QED) is 0.825. The second-order valence-electron chi connectivity index (χ2n) is 5.33. The van der Waals surface area contributed by atoms with Gasteiger partial charge in [-0.2, -0.15) is 5.10 Å². The normalized spacial score (nSPS) is 29.6. The number of hydrogen-bond acceptors (Lipinski definition) is 5. The van der Waals surface area contributed by atoms with Crippen LogP contribution in [-0.2, 0) is 9.47 Å². The van der Waals surface area contributed by atoms with Gasteiger partial charge in [0.2, 0.25) is 0 Å². The molecule has 108 valence electrons. The highest BCUT2D eigenvalue weighted by molar-refractivity contribution is 5.88. The number of nitrogens with one attached hydrogen (secondary N) is 1. The van der Waals surface area contributed by atoms with Gasteiger partial charge < -0.3 is 14.4 Å². The third kappa shape index (κ3) is 2.73. The molecule has 2 aliphatic heterocycles. The summed E-state index contributed by atoms with van der Waals surface area (Å²) in [5.41, 5.74) is -0.350. The molecule has 3 heterocycles. The van der Waals surface area contributed by atoms with Crippen LogP contribution in [0.3, 0.4) is 0 Å². The van der Waals surface area contributed by atoms with E-state index in [-0.39, 0.29) is 17.7 Å². The molecule has 2 saturated heterocycles. The number of amides is 2. The molecule has 20 heavy (non-hydrogen) atoms. The van der Waals surface area contributed by atoms with Gasteiger partial charge in [0, 0.05) is 25.8 Å². The molecule has 7 heteroatoms. The number of rotatable bonds is 1. The molecule has 0 aliphatic carbocycles. The Kier molecular flexibility index (Phi) is 3.54. The van der Waals surface area contributed by atoms with Gasteiger partial charge >= 0.3 is 6.03 Å². The lowest BCUT2D eigenvalue weighted by Gasteiger charge is -2.42. The summed E-state index contributed by atoms with van der Waals surface area (Å²) >= 11 is 0. The Morgan fingerprint density at radius 1 is 1.60 bits per heavy atom. The molecule has 3 rings (SSSR count). The summed E-state index contributed by atoms with van der Waals surface area (Å²) in [5, 5.41) is 10.4. The third-order valence-electron chi connectivity index (χ3n) is 3.57. The standard InChI is InChI=1S/C13H18N4O3/c1-10-7-17(8-13(20-10)4-6-19-9-13)12(18)15-11-3-2-5-14-16-11/h2-3,5,10H,4,6-9H2,1H3,(H,15,16,18)/t10-,13-/m1/s1. The molecule has 0 radical (unpaired) electrons. The van der Waals surface area contributed by atoms with E-state index in [0.717, 1.165) is 6.42 Å². The molecule has 0 aromatic carbocycles. The Morgan fingerprint density at radius 2 is 2.50 bits per heavy atom. The fourth-order valence-electron chi connectivity index (χ4n) is 2.74. The molecular formula is C13H18N4O3. The minimum Gasteiger partial charge on any atom is -0.378 e. The van der Waals surface area contributed by atoms with E-state index in [1.165, 1.54) is 0 Å². The Labute approximate surface area is 117 Å². The monoisotopic (exact) mass is 278 g/mol. The number of nitrogens with zero attached hydrogens (tertiary/aromatic N) is 3. The Morgan fingerprint density at radius 3 is 3.20 bits per heavy atom. The van der Waals surface area contributed by atoms with Crippen molar-refractivity contribution >= 4 is 11.8 Å². The van der Waals surface area contributed by atoms with Crippen molar-refractivity contribution in [3.63, 3.8) is 0 Å². The predicted molar refractivity (Wildman–Crippen MR) is 71.3 cm³/mol. The maximum absolute atomic E-state index is 12.3. The van der Waals surface area contributed by atoms with E-state index in [4.69, 9.17) is 9.47 Å². The number of urea groups is 1. The van der Waals surface area contributed by atoms with E-state index in [1.807, 2.05) is 6.92 Å². The van der Waals surface area contributed by atoms with Crippen LogP contribution >= 0.6 is 0 Å². The molecule has 2 fully saturated rings. The topological polar surface area (TPSA) is 76.6 Å². The predicted octanol–water partition coefficient (Wildman–Crippen LogP) is 0.888. The largest absolute Gasteiger partial charge is 0.378 e. The van der Waals surface area contributed by atoms with Crippen LogP contribution in [-0.4, -0.2) is 59.1 Å². The highest BCUT2D eigenvalue weighted by atomic mass is 16.6. The molecule has 0 saturated carbocycles. The van der Waals surface area contributed by atoms with Gasteiger partial charge in [0.15, 0.2) is 5.82 Å². The summed E-state index contributed by atoms with van der Waals surface area (Å²) in [5.74, 6) is 0.452. The summed E-state index contributed by atoms with van der Waals surface area (Å²) < 4.78 is 11.4. The second kappa shape index (κ2) is 5.34. The highest BCUT2D eigenvalue weighted by Gasteiger charge is 2.44. The van der Waals surface area contributed by atoms with Crippen molar-refractivity contribution in [2.45, 2.75) is 25.0 Å². The van der Waals surface area contributed by atoms with Gasteiger partial charge in [-0.15, -0.1) is 5.10 Å². The van der Waals surface area contributed by atoms with Gasteiger partial charge in [-0.3, -0.25) is 5.32 Å². The second-order valence-corrected chi connectivity index (χ2v) is 5.33. The Bertz CT molecular complexity index is 476. The van der Waals surface area contributed by atoms with Gasteiger partial charge in [0.05, 0.1) is 19.3 Å². The van der Waals surface area contributed by atoms with E-state index in [2.05, 4.69) is 15.5 Å². The lowest BCUT2D eigenvalue weighted by Crippen LogP contribution is -2.57. The van der Waals surface area contributed by atoms with Crippen LogP contribution in [0.15, 0.2) is 18.3 Å². The third-order valence-corrected chi connectivity index (χ3v) is 3.57. The maximum Gasteiger partial charge on any atom is 0.323 e. The summed E-state index contributed by atoms with van der Waals surface area (Å²) in [6.07, 6.45) is 2.39. The first kappa shape index (κ1) is 13.3. The number of aromatic nitrogens is 2. The zero-order valence-electron chi connectivity index (χ0n) is 11.4. The minimum absolute atomic E-state index is 0.00180. The van der Waals surface area contributed by atoms with Crippen molar-refractivity contribution in [3.8, 4) is 0 Å². The van der Waals surface area contributed by atoms with Crippen molar-refractivity contribution in [2.75, 3.05) is 31.6 Å². The number of ether oxygens (including phenoxy) is 2. The molecule has 0 unspecified atom stereocenters. The van der Waals surface area contributed by atoms with Crippen LogP contribution in [0.5, 0.6) is 0 Å². The molecule has 2 aliphatic rings. The number of carbonyl (C=O) groups is 1. The van der Waals surface area contributed by atoms with Crippen molar-refractivity contribution in [1.29, 1.82) is 0 Å².